The summed E-state index contributed by atoms with van der Waals surface area (Å²) in [5.74, 6) is 0.541. The monoisotopic (exact) mass is 599 g/mol. The van der Waals surface area contributed by atoms with E-state index in [0.29, 0.717) is 5.75 Å². The first kappa shape index (κ1) is 40.0. The molecule has 0 unspecified atom stereocenters. The van der Waals surface area contributed by atoms with Gasteiger partial charge < -0.3 is 5.11 Å². The van der Waals surface area contributed by atoms with Crippen LogP contribution in [0, 0.1) is 16.2 Å². The average molecular weight is 599 g/mol. The molecule has 43 heavy (non-hydrogen) atoms. The molecule has 0 aliphatic carbocycles. The van der Waals surface area contributed by atoms with Crippen molar-refractivity contribution in [1.82, 2.24) is 0 Å². The van der Waals surface area contributed by atoms with Gasteiger partial charge in [-0.2, -0.15) is 0 Å². The second-order valence-corrected chi connectivity index (χ2v) is 16.8. The number of phenols is 1. The number of hydrogen-bond acceptors (Lipinski definition) is 1. The fraction of sp³-hybridized carbons (Fsp3) is 0.857. The minimum atomic E-state index is 0.201. The predicted octanol–water partition coefficient (Wildman–Crippen LogP) is 14.4. The second kappa shape index (κ2) is 21.7. The highest BCUT2D eigenvalue weighted by Crippen LogP contribution is 2.41. The molecule has 0 radical (unpaired) electrons. The fourth-order valence-electron chi connectivity index (χ4n) is 7.20. The van der Waals surface area contributed by atoms with E-state index in [1.165, 1.54) is 152 Å². The molecule has 1 nitrogen and oxygen atoms in total. The minimum Gasteiger partial charge on any atom is -0.508 e. The van der Waals surface area contributed by atoms with Crippen LogP contribution in [-0.4, -0.2) is 5.11 Å². The van der Waals surface area contributed by atoms with Crippen molar-refractivity contribution in [2.75, 3.05) is 0 Å². The summed E-state index contributed by atoms with van der Waals surface area (Å²) < 4.78 is 0. The lowest BCUT2D eigenvalue weighted by Gasteiger charge is -2.33. The Bertz CT molecular complexity index is 830. The van der Waals surface area contributed by atoms with Crippen LogP contribution in [0.5, 0.6) is 5.75 Å². The van der Waals surface area contributed by atoms with Crippen LogP contribution >= 0.6 is 0 Å². The largest absolute Gasteiger partial charge is 0.508 e. The van der Waals surface area contributed by atoms with Gasteiger partial charge in [-0.05, 0) is 77.5 Å². The number of hydrogen-bond donors (Lipinski definition) is 1. The first-order valence-corrected chi connectivity index (χ1v) is 19.2. The Hall–Kier alpha value is -0.980. The number of unbranched alkanes of at least 4 members (excludes halogenated alkanes) is 15. The van der Waals surface area contributed by atoms with E-state index >= 15 is 0 Å². The highest BCUT2D eigenvalue weighted by molar-refractivity contribution is 5.46. The van der Waals surface area contributed by atoms with Crippen LogP contribution in [-0.2, 0) is 19.3 Å². The van der Waals surface area contributed by atoms with Crippen molar-refractivity contribution in [3.8, 4) is 5.75 Å². The molecule has 0 heterocycles. The molecule has 0 fully saturated rings. The second-order valence-electron chi connectivity index (χ2n) is 16.8. The fourth-order valence-corrected chi connectivity index (χ4v) is 7.20. The molecule has 0 bridgehead atoms. The first-order valence-electron chi connectivity index (χ1n) is 19.2. The van der Waals surface area contributed by atoms with Crippen LogP contribution in [0.3, 0.4) is 0 Å². The summed E-state index contributed by atoms with van der Waals surface area (Å²) in [6.45, 7) is 21.7. The summed E-state index contributed by atoms with van der Waals surface area (Å²) in [5.41, 5.74) is 4.99. The van der Waals surface area contributed by atoms with Crippen molar-refractivity contribution in [3.05, 3.63) is 28.8 Å². The Morgan fingerprint density at radius 3 is 1.14 bits per heavy atom. The van der Waals surface area contributed by atoms with E-state index in [4.69, 9.17) is 0 Å². The van der Waals surface area contributed by atoms with E-state index in [9.17, 15) is 5.11 Å². The van der Waals surface area contributed by atoms with E-state index in [-0.39, 0.29) is 16.2 Å². The highest BCUT2D eigenvalue weighted by Gasteiger charge is 2.29. The van der Waals surface area contributed by atoms with Gasteiger partial charge in [0.15, 0.2) is 0 Å². The Balaban J connectivity index is 3.11. The zero-order valence-electron chi connectivity index (χ0n) is 31.1. The van der Waals surface area contributed by atoms with Crippen LogP contribution in [0.1, 0.15) is 214 Å². The highest BCUT2D eigenvalue weighted by atomic mass is 16.3. The van der Waals surface area contributed by atoms with Gasteiger partial charge in [0.05, 0.1) is 0 Å². The van der Waals surface area contributed by atoms with Crippen molar-refractivity contribution in [2.24, 2.45) is 16.2 Å². The molecule has 0 atom stereocenters. The lowest BCUT2D eigenvalue weighted by atomic mass is 9.72. The van der Waals surface area contributed by atoms with E-state index in [0.717, 1.165) is 19.3 Å². The third-order valence-electron chi connectivity index (χ3n) is 10.1. The maximum atomic E-state index is 11.4. The van der Waals surface area contributed by atoms with Gasteiger partial charge >= 0.3 is 0 Å². The number of phenolic OH excluding ortho intramolecular Hbond substituents is 1. The SMILES string of the molecule is CCCCCCCCC(C)(C)Cc1ccc(O)c(CC(C)(C)CCCCCCCC)c1CC(C)(C)CCCCCCCC. The molecule has 1 aromatic carbocycles. The summed E-state index contributed by atoms with van der Waals surface area (Å²) >= 11 is 0. The third kappa shape index (κ3) is 18.6. The van der Waals surface area contributed by atoms with Crippen LogP contribution in [0.25, 0.3) is 0 Å². The van der Waals surface area contributed by atoms with Gasteiger partial charge in [-0.1, -0.05) is 184 Å². The molecule has 0 saturated heterocycles. The van der Waals surface area contributed by atoms with Gasteiger partial charge in [0, 0.05) is 0 Å². The number of rotatable bonds is 27. The smallest absolute Gasteiger partial charge is 0.119 e. The molecule has 1 aromatic rings. The van der Waals surface area contributed by atoms with Crippen molar-refractivity contribution in [3.63, 3.8) is 0 Å². The van der Waals surface area contributed by atoms with Gasteiger partial charge in [0.1, 0.15) is 5.75 Å². The molecule has 0 spiro atoms. The molecule has 1 N–H and O–H groups in total. The lowest BCUT2D eigenvalue weighted by Crippen LogP contribution is -2.23. The van der Waals surface area contributed by atoms with Crippen molar-refractivity contribution < 1.29 is 5.11 Å². The van der Waals surface area contributed by atoms with E-state index in [1.807, 2.05) is 6.07 Å². The first-order chi connectivity index (χ1) is 20.4. The maximum absolute atomic E-state index is 11.4. The quantitative estimate of drug-likeness (QED) is 0.0999. The van der Waals surface area contributed by atoms with E-state index < -0.39 is 0 Å². The zero-order chi connectivity index (χ0) is 32.2. The van der Waals surface area contributed by atoms with Gasteiger partial charge in [-0.25, -0.2) is 0 Å². The summed E-state index contributed by atoms with van der Waals surface area (Å²) in [6.07, 6.45) is 31.4. The topological polar surface area (TPSA) is 20.2 Å². The molecule has 0 aliphatic heterocycles. The van der Waals surface area contributed by atoms with Gasteiger partial charge in [-0.3, -0.25) is 0 Å². The van der Waals surface area contributed by atoms with Crippen LogP contribution in [0.2, 0.25) is 0 Å². The predicted molar refractivity (Wildman–Crippen MR) is 195 cm³/mol. The lowest BCUT2D eigenvalue weighted by molar-refractivity contribution is 0.293. The number of aromatic hydroxyl groups is 1. The Morgan fingerprint density at radius 1 is 0.419 bits per heavy atom. The number of benzene rings is 1. The summed E-state index contributed by atoms with van der Waals surface area (Å²) in [5, 5.41) is 11.4. The normalized spacial score (nSPS) is 12.8. The summed E-state index contributed by atoms with van der Waals surface area (Å²) in [6, 6.07) is 4.33. The average Bonchev–Trinajstić information content (AvgIpc) is 2.93. The Labute approximate surface area is 271 Å². The molecule has 252 valence electrons. The van der Waals surface area contributed by atoms with Crippen molar-refractivity contribution >= 4 is 0 Å². The van der Waals surface area contributed by atoms with Crippen LogP contribution in [0.15, 0.2) is 12.1 Å². The summed E-state index contributed by atoms with van der Waals surface area (Å²) in [7, 11) is 0. The van der Waals surface area contributed by atoms with Crippen molar-refractivity contribution in [2.45, 2.75) is 216 Å². The maximum Gasteiger partial charge on any atom is 0.119 e. The van der Waals surface area contributed by atoms with Crippen molar-refractivity contribution in [1.29, 1.82) is 0 Å². The van der Waals surface area contributed by atoms with E-state index in [1.54, 1.807) is 0 Å². The van der Waals surface area contributed by atoms with Gasteiger partial charge in [0.25, 0.3) is 0 Å². The molecule has 0 saturated carbocycles. The zero-order valence-corrected chi connectivity index (χ0v) is 31.1. The molecule has 0 aliphatic rings. The Morgan fingerprint density at radius 2 is 0.744 bits per heavy atom. The van der Waals surface area contributed by atoms with Crippen LogP contribution in [0.4, 0.5) is 0 Å². The standard InChI is InChI=1S/C42H78O/c1-10-13-16-19-22-25-30-40(4,5)33-36-28-29-39(43)38(35-42(8,9)32-27-24-21-18-15-12-3)37(36)34-41(6,7)31-26-23-20-17-14-11-2/h28-29,43H,10-27,30-35H2,1-9H3. The summed E-state index contributed by atoms with van der Waals surface area (Å²) in [4.78, 5) is 0. The Kier molecular flexibility index (Phi) is 20.2. The van der Waals surface area contributed by atoms with Crippen LogP contribution < -0.4 is 0 Å². The minimum absolute atomic E-state index is 0.201. The van der Waals surface area contributed by atoms with E-state index in [2.05, 4.69) is 68.4 Å². The van der Waals surface area contributed by atoms with Gasteiger partial charge in [0.2, 0.25) is 0 Å². The van der Waals surface area contributed by atoms with Gasteiger partial charge in [-0.15, -0.1) is 0 Å². The molecule has 1 heteroatoms. The third-order valence-corrected chi connectivity index (χ3v) is 10.1. The molecular weight excluding hydrogens is 520 g/mol. The molecule has 0 amide bonds. The molecule has 0 aromatic heterocycles. The molecular formula is C42H78O. The molecule has 1 rings (SSSR count).